The molecule has 9 heteroatoms. The Morgan fingerprint density at radius 2 is 1.77 bits per heavy atom. The summed E-state index contributed by atoms with van der Waals surface area (Å²) in [6.07, 6.45) is -3.35. The molecule has 2 aromatic rings. The zero-order chi connectivity index (χ0) is 16.4. The quantitative estimate of drug-likeness (QED) is 0.904. The van der Waals surface area contributed by atoms with Gasteiger partial charge >= 0.3 is 6.18 Å². The summed E-state index contributed by atoms with van der Waals surface area (Å²) in [6.45, 7) is 0. The number of hydrogen-bond acceptors (Lipinski definition) is 4. The van der Waals surface area contributed by atoms with Gasteiger partial charge in [-0.15, -0.1) is 0 Å². The van der Waals surface area contributed by atoms with E-state index in [1.54, 1.807) is 0 Å². The standard InChI is InChI=1S/C13H12F3N3O2S/c1-17-12-10(6-4-8-18-12)19-22(20,21)11-7-3-2-5-9(11)13(14,15)16/h2-8,19H,1H3,(H,17,18). The molecule has 1 aromatic carbocycles. The average molecular weight is 331 g/mol. The zero-order valence-electron chi connectivity index (χ0n) is 11.3. The number of anilines is 2. The lowest BCUT2D eigenvalue weighted by Gasteiger charge is -2.15. The highest BCUT2D eigenvalue weighted by atomic mass is 32.2. The van der Waals surface area contributed by atoms with Gasteiger partial charge in [-0.2, -0.15) is 13.2 Å². The van der Waals surface area contributed by atoms with E-state index in [0.29, 0.717) is 0 Å². The van der Waals surface area contributed by atoms with E-state index in [9.17, 15) is 21.6 Å². The fraction of sp³-hybridized carbons (Fsp3) is 0.154. The number of nitrogens with zero attached hydrogens (tertiary/aromatic N) is 1. The molecule has 118 valence electrons. The van der Waals surface area contributed by atoms with E-state index in [-0.39, 0.29) is 11.5 Å². The van der Waals surface area contributed by atoms with Crippen LogP contribution in [0.3, 0.4) is 0 Å². The van der Waals surface area contributed by atoms with Crippen molar-refractivity contribution < 1.29 is 21.6 Å². The molecule has 2 N–H and O–H groups in total. The van der Waals surface area contributed by atoms with Gasteiger partial charge in [0.05, 0.1) is 16.1 Å². The fourth-order valence-corrected chi connectivity index (χ4v) is 3.12. The van der Waals surface area contributed by atoms with Crippen LogP contribution in [0.15, 0.2) is 47.5 Å². The van der Waals surface area contributed by atoms with Crippen LogP contribution in [0.25, 0.3) is 0 Å². The van der Waals surface area contributed by atoms with E-state index < -0.39 is 26.7 Å². The predicted octanol–water partition coefficient (Wildman–Crippen LogP) is 2.94. The third-order valence-electron chi connectivity index (χ3n) is 2.77. The molecule has 0 radical (unpaired) electrons. The number of hydrogen-bond donors (Lipinski definition) is 2. The molecule has 22 heavy (non-hydrogen) atoms. The maximum Gasteiger partial charge on any atom is 0.417 e. The van der Waals surface area contributed by atoms with E-state index in [0.717, 1.165) is 18.2 Å². The van der Waals surface area contributed by atoms with E-state index in [1.807, 2.05) is 0 Å². The smallest absolute Gasteiger partial charge is 0.371 e. The Morgan fingerprint density at radius 1 is 1.09 bits per heavy atom. The monoisotopic (exact) mass is 331 g/mol. The summed E-state index contributed by atoms with van der Waals surface area (Å²) >= 11 is 0. The lowest BCUT2D eigenvalue weighted by atomic mass is 10.2. The van der Waals surface area contributed by atoms with Gasteiger partial charge in [0, 0.05) is 13.2 Å². The summed E-state index contributed by atoms with van der Waals surface area (Å²) in [7, 11) is -2.89. The number of alkyl halides is 3. The third kappa shape index (κ3) is 3.30. The Balaban J connectivity index is 2.49. The van der Waals surface area contributed by atoms with E-state index in [1.165, 1.54) is 31.4 Å². The number of benzene rings is 1. The molecule has 0 atom stereocenters. The summed E-state index contributed by atoms with van der Waals surface area (Å²) < 4.78 is 65.5. The normalized spacial score (nSPS) is 12.0. The highest BCUT2D eigenvalue weighted by molar-refractivity contribution is 7.92. The van der Waals surface area contributed by atoms with Crippen molar-refractivity contribution in [3.05, 3.63) is 48.2 Å². The SMILES string of the molecule is CNc1ncccc1NS(=O)(=O)c1ccccc1C(F)(F)F. The van der Waals surface area contributed by atoms with Gasteiger partial charge in [-0.05, 0) is 24.3 Å². The van der Waals surface area contributed by atoms with Crippen LogP contribution in [-0.4, -0.2) is 20.4 Å². The predicted molar refractivity (Wildman–Crippen MR) is 76.0 cm³/mol. The summed E-state index contributed by atoms with van der Waals surface area (Å²) in [5, 5.41) is 2.65. The molecule has 0 unspecified atom stereocenters. The summed E-state index contributed by atoms with van der Waals surface area (Å²) in [5.74, 6) is 0.204. The van der Waals surface area contributed by atoms with Gasteiger partial charge in [-0.25, -0.2) is 13.4 Å². The Labute approximate surface area is 125 Å². The van der Waals surface area contributed by atoms with Crippen LogP contribution >= 0.6 is 0 Å². The van der Waals surface area contributed by atoms with Gasteiger partial charge in [-0.3, -0.25) is 4.72 Å². The van der Waals surface area contributed by atoms with Crippen LogP contribution in [0.5, 0.6) is 0 Å². The Morgan fingerprint density at radius 3 is 2.41 bits per heavy atom. The van der Waals surface area contributed by atoms with Crippen molar-refractivity contribution in [2.75, 3.05) is 17.1 Å². The molecule has 1 aromatic heterocycles. The molecule has 0 aliphatic heterocycles. The van der Waals surface area contributed by atoms with Crippen LogP contribution in [0, 0.1) is 0 Å². The van der Waals surface area contributed by atoms with Crippen molar-refractivity contribution in [3.63, 3.8) is 0 Å². The minimum absolute atomic E-state index is 0.0574. The molecule has 0 aliphatic carbocycles. The average Bonchev–Trinajstić information content (AvgIpc) is 2.46. The molecule has 0 fully saturated rings. The first kappa shape index (κ1) is 16.1. The number of aromatic nitrogens is 1. The van der Waals surface area contributed by atoms with Crippen molar-refractivity contribution in [2.45, 2.75) is 11.1 Å². The van der Waals surface area contributed by atoms with Crippen molar-refractivity contribution in [2.24, 2.45) is 0 Å². The second-order valence-electron chi connectivity index (χ2n) is 4.25. The Kier molecular flexibility index (Phi) is 4.27. The maximum atomic E-state index is 12.9. The van der Waals surface area contributed by atoms with Crippen LogP contribution < -0.4 is 10.0 Å². The first-order valence-corrected chi connectivity index (χ1v) is 7.56. The number of sulfonamides is 1. The Bertz CT molecular complexity index is 776. The van der Waals surface area contributed by atoms with Gasteiger partial charge in [0.2, 0.25) is 0 Å². The van der Waals surface area contributed by atoms with Gasteiger partial charge in [0.1, 0.15) is 5.82 Å². The number of rotatable bonds is 4. The molecule has 0 aliphatic rings. The maximum absolute atomic E-state index is 12.9. The highest BCUT2D eigenvalue weighted by Gasteiger charge is 2.37. The molecule has 2 rings (SSSR count). The first-order valence-electron chi connectivity index (χ1n) is 6.07. The second-order valence-corrected chi connectivity index (χ2v) is 5.90. The van der Waals surface area contributed by atoms with E-state index in [2.05, 4.69) is 15.0 Å². The minimum Gasteiger partial charge on any atom is -0.371 e. The summed E-state index contributed by atoms with van der Waals surface area (Å²) in [4.78, 5) is 3.05. The molecule has 5 nitrogen and oxygen atoms in total. The van der Waals surface area contributed by atoms with Crippen molar-refractivity contribution >= 4 is 21.5 Å². The lowest BCUT2D eigenvalue weighted by Crippen LogP contribution is -2.19. The van der Waals surface area contributed by atoms with Gasteiger partial charge in [-0.1, -0.05) is 12.1 Å². The summed E-state index contributed by atoms with van der Waals surface area (Å²) in [6, 6.07) is 6.84. The van der Waals surface area contributed by atoms with Crippen LogP contribution in [0.4, 0.5) is 24.7 Å². The van der Waals surface area contributed by atoms with Gasteiger partial charge < -0.3 is 5.32 Å². The van der Waals surface area contributed by atoms with E-state index >= 15 is 0 Å². The Hall–Kier alpha value is -2.29. The third-order valence-corrected chi connectivity index (χ3v) is 4.19. The molecule has 0 saturated carbocycles. The molecule has 0 saturated heterocycles. The molecule has 0 spiro atoms. The minimum atomic E-state index is -4.77. The number of nitrogens with one attached hydrogen (secondary N) is 2. The van der Waals surface area contributed by atoms with Gasteiger partial charge in [0.25, 0.3) is 10.0 Å². The van der Waals surface area contributed by atoms with Gasteiger partial charge in [0.15, 0.2) is 0 Å². The fourth-order valence-electron chi connectivity index (χ4n) is 1.82. The lowest BCUT2D eigenvalue weighted by molar-refractivity contribution is -0.139. The van der Waals surface area contributed by atoms with E-state index in [4.69, 9.17) is 0 Å². The second kappa shape index (κ2) is 5.84. The molecular weight excluding hydrogens is 319 g/mol. The molecule has 1 heterocycles. The summed E-state index contributed by atoms with van der Waals surface area (Å²) in [5.41, 5.74) is -1.17. The largest absolute Gasteiger partial charge is 0.417 e. The topological polar surface area (TPSA) is 71.1 Å². The molecule has 0 bridgehead atoms. The molecular formula is C13H12F3N3O2S. The number of pyridine rings is 1. The van der Waals surface area contributed by atoms with Crippen LogP contribution in [0.1, 0.15) is 5.56 Å². The van der Waals surface area contributed by atoms with Crippen molar-refractivity contribution in [3.8, 4) is 0 Å². The van der Waals surface area contributed by atoms with Crippen LogP contribution in [-0.2, 0) is 16.2 Å². The number of halogens is 3. The zero-order valence-corrected chi connectivity index (χ0v) is 12.2. The first-order chi connectivity index (χ1) is 10.3. The van der Waals surface area contributed by atoms with Crippen molar-refractivity contribution in [1.29, 1.82) is 0 Å². The van der Waals surface area contributed by atoms with Crippen molar-refractivity contribution in [1.82, 2.24) is 4.98 Å². The van der Waals surface area contributed by atoms with Crippen LogP contribution in [0.2, 0.25) is 0 Å². The molecule has 0 amide bonds. The highest BCUT2D eigenvalue weighted by Crippen LogP contribution is 2.35.